The summed E-state index contributed by atoms with van der Waals surface area (Å²) in [6, 6.07) is 6.49. The molecule has 0 aliphatic rings. The van der Waals surface area contributed by atoms with Gasteiger partial charge in [-0.05, 0) is 24.3 Å². The zero-order chi connectivity index (χ0) is 14.8. The molecular weight excluding hydrogens is 302 g/mol. The first-order chi connectivity index (χ1) is 9.39. The number of nitrogens with one attached hydrogen (secondary N) is 1. The monoisotopic (exact) mass is 315 g/mol. The summed E-state index contributed by atoms with van der Waals surface area (Å²) in [5.74, 6) is 0.514. The van der Waals surface area contributed by atoms with E-state index in [2.05, 4.69) is 10.3 Å². The minimum Gasteiger partial charge on any atom is -0.446 e. The summed E-state index contributed by atoms with van der Waals surface area (Å²) >= 11 is 5.68. The highest BCUT2D eigenvalue weighted by Gasteiger charge is 2.21. The number of aromatic nitrogens is 1. The van der Waals surface area contributed by atoms with E-state index in [0.717, 1.165) is 9.99 Å². The molecule has 0 amide bonds. The zero-order valence-electron chi connectivity index (χ0n) is 11.0. The number of rotatable bonds is 5. The van der Waals surface area contributed by atoms with E-state index in [1.807, 2.05) is 0 Å². The summed E-state index contributed by atoms with van der Waals surface area (Å²) in [7, 11) is -0.628. The molecule has 0 unspecified atom stereocenters. The maximum absolute atomic E-state index is 11.8. The first kappa shape index (κ1) is 14.8. The molecule has 0 radical (unpaired) electrons. The number of halogens is 1. The first-order valence-corrected chi connectivity index (χ1v) is 7.58. The van der Waals surface area contributed by atoms with Crippen LogP contribution in [-0.4, -0.2) is 31.8 Å². The molecule has 2 heterocycles. The van der Waals surface area contributed by atoms with Crippen LogP contribution in [0.15, 0.2) is 40.0 Å². The number of hydrogen-bond donors (Lipinski definition) is 1. The van der Waals surface area contributed by atoms with Crippen molar-refractivity contribution in [2.75, 3.05) is 19.4 Å². The van der Waals surface area contributed by atoms with E-state index in [4.69, 9.17) is 16.0 Å². The Kier molecular flexibility index (Phi) is 4.32. The Morgan fingerprint density at radius 1 is 1.30 bits per heavy atom. The quantitative estimate of drug-likeness (QED) is 0.856. The van der Waals surface area contributed by atoms with Gasteiger partial charge in [0.05, 0.1) is 18.4 Å². The molecule has 0 fully saturated rings. The molecule has 8 heteroatoms. The third-order valence-corrected chi connectivity index (χ3v) is 4.48. The number of furan rings is 1. The molecule has 0 saturated carbocycles. The van der Waals surface area contributed by atoms with Crippen LogP contribution in [0.3, 0.4) is 0 Å². The Labute approximate surface area is 122 Å². The Morgan fingerprint density at radius 3 is 2.65 bits per heavy atom. The molecule has 20 heavy (non-hydrogen) atoms. The van der Waals surface area contributed by atoms with E-state index in [9.17, 15) is 8.42 Å². The van der Waals surface area contributed by atoms with Crippen LogP contribution in [0.5, 0.6) is 0 Å². The van der Waals surface area contributed by atoms with E-state index in [1.54, 1.807) is 24.4 Å². The van der Waals surface area contributed by atoms with Crippen molar-refractivity contribution in [3.8, 4) is 0 Å². The van der Waals surface area contributed by atoms with Gasteiger partial charge in [-0.1, -0.05) is 11.6 Å². The van der Waals surface area contributed by atoms with Crippen molar-refractivity contribution >= 4 is 27.3 Å². The van der Waals surface area contributed by atoms with Gasteiger partial charge in [0, 0.05) is 14.1 Å². The highest BCUT2D eigenvalue weighted by atomic mass is 35.5. The van der Waals surface area contributed by atoms with Crippen molar-refractivity contribution in [3.05, 3.63) is 41.4 Å². The second-order valence-corrected chi connectivity index (χ2v) is 6.70. The molecule has 0 saturated heterocycles. The lowest BCUT2D eigenvalue weighted by Crippen LogP contribution is -2.21. The molecule has 6 nitrogen and oxygen atoms in total. The fraction of sp³-hybridized carbons (Fsp3) is 0.250. The molecule has 2 aromatic rings. The van der Waals surface area contributed by atoms with Gasteiger partial charge < -0.3 is 9.73 Å². The maximum Gasteiger partial charge on any atom is 0.275 e. The van der Waals surface area contributed by atoms with Crippen LogP contribution in [-0.2, 0) is 16.6 Å². The molecule has 0 aliphatic heterocycles. The minimum atomic E-state index is -3.54. The maximum atomic E-state index is 11.8. The average Bonchev–Trinajstić information content (AvgIpc) is 2.87. The normalized spacial score (nSPS) is 11.8. The second-order valence-electron chi connectivity index (χ2n) is 4.23. The van der Waals surface area contributed by atoms with Gasteiger partial charge in [0.25, 0.3) is 10.0 Å². The summed E-state index contributed by atoms with van der Waals surface area (Å²) in [6.07, 6.45) is 1.59. The van der Waals surface area contributed by atoms with Crippen molar-refractivity contribution in [1.29, 1.82) is 0 Å². The van der Waals surface area contributed by atoms with Gasteiger partial charge in [-0.15, -0.1) is 0 Å². The molecule has 0 aliphatic carbocycles. The highest BCUT2D eigenvalue weighted by Crippen LogP contribution is 2.18. The number of nitrogens with zero attached hydrogens (tertiary/aromatic N) is 2. The summed E-state index contributed by atoms with van der Waals surface area (Å²) in [6.45, 7) is 0.353. The lowest BCUT2D eigenvalue weighted by molar-refractivity contribution is 0.402. The SMILES string of the molecule is CN(C)S(=O)(=O)c1ccc(CNc2ccc(Cl)nc2)o1. The molecule has 108 valence electrons. The predicted molar refractivity (Wildman–Crippen MR) is 76.2 cm³/mol. The summed E-state index contributed by atoms with van der Waals surface area (Å²) < 4.78 is 30.1. The smallest absolute Gasteiger partial charge is 0.275 e. The van der Waals surface area contributed by atoms with E-state index in [1.165, 1.54) is 20.2 Å². The zero-order valence-corrected chi connectivity index (χ0v) is 12.6. The number of sulfonamides is 1. The second kappa shape index (κ2) is 5.82. The van der Waals surface area contributed by atoms with Gasteiger partial charge >= 0.3 is 0 Å². The minimum absolute atomic E-state index is 0.0754. The number of anilines is 1. The fourth-order valence-electron chi connectivity index (χ4n) is 1.44. The average molecular weight is 316 g/mol. The largest absolute Gasteiger partial charge is 0.446 e. The van der Waals surface area contributed by atoms with Gasteiger partial charge in [0.15, 0.2) is 0 Å². The summed E-state index contributed by atoms with van der Waals surface area (Å²) in [5.41, 5.74) is 0.766. The van der Waals surface area contributed by atoms with Gasteiger partial charge in [0.2, 0.25) is 5.09 Å². The van der Waals surface area contributed by atoms with Gasteiger partial charge in [-0.25, -0.2) is 17.7 Å². The van der Waals surface area contributed by atoms with Crippen LogP contribution in [0, 0.1) is 0 Å². The van der Waals surface area contributed by atoms with Crippen LogP contribution in [0.25, 0.3) is 0 Å². The molecule has 2 rings (SSSR count). The Bertz CT molecular complexity index is 680. The molecule has 0 aromatic carbocycles. The molecule has 2 aromatic heterocycles. The molecule has 0 atom stereocenters. The molecule has 1 N–H and O–H groups in total. The molecule has 0 bridgehead atoms. The Morgan fingerprint density at radius 2 is 2.05 bits per heavy atom. The van der Waals surface area contributed by atoms with Gasteiger partial charge in [-0.2, -0.15) is 0 Å². The highest BCUT2D eigenvalue weighted by molar-refractivity contribution is 7.88. The lowest BCUT2D eigenvalue weighted by Gasteiger charge is -2.08. The summed E-state index contributed by atoms with van der Waals surface area (Å²) in [5, 5.41) is 3.39. The Balaban J connectivity index is 2.05. The standard InChI is InChI=1S/C12H14ClN3O3S/c1-16(2)20(17,18)12-6-4-10(19-12)8-14-9-3-5-11(13)15-7-9/h3-7,14H,8H2,1-2H3. The van der Waals surface area contributed by atoms with Crippen molar-refractivity contribution in [1.82, 2.24) is 9.29 Å². The van der Waals surface area contributed by atoms with Crippen LogP contribution in [0.1, 0.15) is 5.76 Å². The van der Waals surface area contributed by atoms with E-state index in [-0.39, 0.29) is 5.09 Å². The van der Waals surface area contributed by atoms with E-state index >= 15 is 0 Å². The van der Waals surface area contributed by atoms with Gasteiger partial charge in [-0.3, -0.25) is 0 Å². The van der Waals surface area contributed by atoms with E-state index < -0.39 is 10.0 Å². The molecular formula is C12H14ClN3O3S. The first-order valence-electron chi connectivity index (χ1n) is 5.76. The van der Waals surface area contributed by atoms with Crippen molar-refractivity contribution in [2.45, 2.75) is 11.6 Å². The Hall–Kier alpha value is -1.57. The predicted octanol–water partition coefficient (Wildman–Crippen LogP) is 2.19. The summed E-state index contributed by atoms with van der Waals surface area (Å²) in [4.78, 5) is 3.93. The number of pyridine rings is 1. The molecule has 0 spiro atoms. The van der Waals surface area contributed by atoms with Crippen molar-refractivity contribution in [2.24, 2.45) is 0 Å². The number of hydrogen-bond acceptors (Lipinski definition) is 5. The van der Waals surface area contributed by atoms with Gasteiger partial charge in [0.1, 0.15) is 10.9 Å². The van der Waals surface area contributed by atoms with E-state index in [0.29, 0.717) is 17.5 Å². The third kappa shape index (κ3) is 3.30. The third-order valence-electron chi connectivity index (χ3n) is 2.57. The van der Waals surface area contributed by atoms with Crippen LogP contribution in [0.4, 0.5) is 5.69 Å². The van der Waals surface area contributed by atoms with Crippen molar-refractivity contribution in [3.63, 3.8) is 0 Å². The topological polar surface area (TPSA) is 75.4 Å². The van der Waals surface area contributed by atoms with Crippen LogP contribution >= 0.6 is 11.6 Å². The fourth-order valence-corrected chi connectivity index (χ4v) is 2.37. The van der Waals surface area contributed by atoms with Crippen LogP contribution < -0.4 is 5.32 Å². The van der Waals surface area contributed by atoms with Crippen molar-refractivity contribution < 1.29 is 12.8 Å². The van der Waals surface area contributed by atoms with Crippen LogP contribution in [0.2, 0.25) is 5.15 Å². The lowest BCUT2D eigenvalue weighted by atomic mass is 10.4.